The first-order chi connectivity index (χ1) is 11.9. The molecule has 2 aliphatic rings. The molecule has 0 radical (unpaired) electrons. The van der Waals surface area contributed by atoms with Crippen LogP contribution in [0, 0.1) is 17.6 Å². The molecule has 0 aliphatic carbocycles. The van der Waals surface area contributed by atoms with Crippen molar-refractivity contribution in [2.75, 3.05) is 31.1 Å². The van der Waals surface area contributed by atoms with E-state index in [2.05, 4.69) is 0 Å². The van der Waals surface area contributed by atoms with Gasteiger partial charge in [0.2, 0.25) is 11.8 Å². The number of morpholine rings is 1. The molecule has 1 aromatic rings. The van der Waals surface area contributed by atoms with Gasteiger partial charge in [0.05, 0.1) is 24.8 Å². The van der Waals surface area contributed by atoms with Gasteiger partial charge in [-0.25, -0.2) is 13.6 Å². The zero-order valence-electron chi connectivity index (χ0n) is 13.2. The molecule has 9 heteroatoms. The van der Waals surface area contributed by atoms with Gasteiger partial charge in [-0.3, -0.25) is 9.59 Å². The third-order valence-corrected chi connectivity index (χ3v) is 4.33. The predicted octanol–water partition coefficient (Wildman–Crippen LogP) is 0.630. The molecule has 2 heterocycles. The number of carboxylic acid groups (broad SMARTS) is 1. The molecule has 0 unspecified atom stereocenters. The maximum absolute atomic E-state index is 13.9. The number of hydrogen-bond donors (Lipinski definition) is 1. The molecular formula is C16H16F2N2O5. The van der Waals surface area contributed by atoms with Crippen LogP contribution >= 0.6 is 0 Å². The van der Waals surface area contributed by atoms with Crippen LogP contribution in [0.3, 0.4) is 0 Å². The first-order valence-electron chi connectivity index (χ1n) is 7.75. The van der Waals surface area contributed by atoms with Crippen molar-refractivity contribution < 1.29 is 33.0 Å². The number of nitrogens with zero attached hydrogens (tertiary/aromatic N) is 2. The van der Waals surface area contributed by atoms with Crippen molar-refractivity contribution in [2.24, 2.45) is 5.92 Å². The molecule has 1 aromatic carbocycles. The molecule has 3 rings (SSSR count). The highest BCUT2D eigenvalue weighted by Crippen LogP contribution is 2.29. The van der Waals surface area contributed by atoms with Gasteiger partial charge in [-0.15, -0.1) is 0 Å². The highest BCUT2D eigenvalue weighted by molar-refractivity contribution is 6.00. The second kappa shape index (κ2) is 6.75. The van der Waals surface area contributed by atoms with Gasteiger partial charge in [-0.05, 0) is 12.1 Å². The molecule has 0 bridgehead atoms. The minimum absolute atomic E-state index is 0.0324. The van der Waals surface area contributed by atoms with Gasteiger partial charge in [0.15, 0.2) is 6.10 Å². The fraction of sp³-hybridized carbons (Fsp3) is 0.438. The second-order valence-corrected chi connectivity index (χ2v) is 5.98. The maximum Gasteiger partial charge on any atom is 0.334 e. The molecular weight excluding hydrogens is 338 g/mol. The van der Waals surface area contributed by atoms with Crippen LogP contribution in [0.1, 0.15) is 6.42 Å². The van der Waals surface area contributed by atoms with Crippen LogP contribution in [0.15, 0.2) is 18.2 Å². The predicted molar refractivity (Wildman–Crippen MR) is 80.8 cm³/mol. The molecule has 1 N–H and O–H groups in total. The van der Waals surface area contributed by atoms with Crippen molar-refractivity contribution in [1.29, 1.82) is 0 Å². The molecule has 0 aromatic heterocycles. The number of carbonyl (C=O) groups is 3. The Bertz CT molecular complexity index is 726. The van der Waals surface area contributed by atoms with Crippen molar-refractivity contribution in [3.63, 3.8) is 0 Å². The van der Waals surface area contributed by atoms with Gasteiger partial charge >= 0.3 is 5.97 Å². The first-order valence-corrected chi connectivity index (χ1v) is 7.75. The number of ether oxygens (including phenoxy) is 1. The van der Waals surface area contributed by atoms with E-state index in [1.54, 1.807) is 0 Å². The average molecular weight is 354 g/mol. The minimum atomic E-state index is -1.16. The Hall–Kier alpha value is -2.55. The van der Waals surface area contributed by atoms with Crippen molar-refractivity contribution in [3.8, 4) is 0 Å². The summed E-state index contributed by atoms with van der Waals surface area (Å²) in [5.41, 5.74) is -0.0768. The molecule has 2 saturated heterocycles. The average Bonchev–Trinajstić information content (AvgIpc) is 2.96. The molecule has 2 aliphatic heterocycles. The number of rotatable bonds is 3. The summed E-state index contributed by atoms with van der Waals surface area (Å²) in [5, 5.41) is 8.99. The fourth-order valence-electron chi connectivity index (χ4n) is 3.06. The van der Waals surface area contributed by atoms with E-state index >= 15 is 0 Å². The quantitative estimate of drug-likeness (QED) is 0.860. The number of amides is 2. The zero-order valence-corrected chi connectivity index (χ0v) is 13.2. The number of benzene rings is 1. The Kier molecular flexibility index (Phi) is 4.67. The van der Waals surface area contributed by atoms with Crippen LogP contribution in [0.5, 0.6) is 0 Å². The zero-order chi connectivity index (χ0) is 18.1. The summed E-state index contributed by atoms with van der Waals surface area (Å²) in [6, 6.07) is 2.88. The lowest BCUT2D eigenvalue weighted by molar-refractivity contribution is -0.160. The second-order valence-electron chi connectivity index (χ2n) is 5.98. The molecule has 25 heavy (non-hydrogen) atoms. The Morgan fingerprint density at radius 3 is 2.68 bits per heavy atom. The van der Waals surface area contributed by atoms with Crippen molar-refractivity contribution >= 4 is 23.5 Å². The lowest BCUT2D eigenvalue weighted by Gasteiger charge is -2.32. The van der Waals surface area contributed by atoms with Crippen molar-refractivity contribution in [1.82, 2.24) is 4.90 Å². The summed E-state index contributed by atoms with van der Waals surface area (Å²) in [4.78, 5) is 38.2. The standard InChI is InChI=1S/C16H16F2N2O5/c17-10-1-2-12(11(18)6-10)20-7-9(5-14(20)21)15(22)19-3-4-25-13(8-19)16(23)24/h1-2,6,9,13H,3-5,7-8H2,(H,23,24)/t9-,13-/m1/s1. The highest BCUT2D eigenvalue weighted by atomic mass is 19.1. The number of anilines is 1. The summed E-state index contributed by atoms with van der Waals surface area (Å²) in [7, 11) is 0. The SMILES string of the molecule is O=C(O)[C@H]1CN(C(=O)[C@@H]2CC(=O)N(c3ccc(F)cc3F)C2)CCO1. The van der Waals surface area contributed by atoms with Crippen LogP contribution in [-0.2, 0) is 19.1 Å². The van der Waals surface area contributed by atoms with Crippen LogP contribution in [0.25, 0.3) is 0 Å². The normalized spacial score (nSPS) is 23.8. The Balaban J connectivity index is 1.71. The van der Waals surface area contributed by atoms with Crippen LogP contribution in [-0.4, -0.2) is 60.1 Å². The number of hydrogen-bond acceptors (Lipinski definition) is 4. The van der Waals surface area contributed by atoms with Gasteiger partial charge in [-0.2, -0.15) is 0 Å². The van der Waals surface area contributed by atoms with Gasteiger partial charge in [0.1, 0.15) is 11.6 Å². The van der Waals surface area contributed by atoms with Crippen molar-refractivity contribution in [2.45, 2.75) is 12.5 Å². The molecule has 0 saturated carbocycles. The van der Waals surface area contributed by atoms with E-state index in [1.165, 1.54) is 4.90 Å². The van der Waals surface area contributed by atoms with E-state index in [4.69, 9.17) is 9.84 Å². The molecule has 2 fully saturated rings. The number of carbonyl (C=O) groups excluding carboxylic acids is 2. The summed E-state index contributed by atoms with van der Waals surface area (Å²) in [6.07, 6.45) is -1.20. The Morgan fingerprint density at radius 2 is 2.00 bits per heavy atom. The van der Waals surface area contributed by atoms with E-state index in [9.17, 15) is 23.2 Å². The summed E-state index contributed by atoms with van der Waals surface area (Å²) in [5.74, 6) is -4.30. The third kappa shape index (κ3) is 3.46. The lowest BCUT2D eigenvalue weighted by Crippen LogP contribution is -2.50. The highest BCUT2D eigenvalue weighted by Gasteiger charge is 2.40. The smallest absolute Gasteiger partial charge is 0.334 e. The molecule has 134 valence electrons. The molecule has 0 spiro atoms. The van der Waals surface area contributed by atoms with Crippen LogP contribution in [0.4, 0.5) is 14.5 Å². The Morgan fingerprint density at radius 1 is 1.24 bits per heavy atom. The summed E-state index contributed by atoms with van der Waals surface area (Å²) in [6.45, 7) is 0.205. The first kappa shape index (κ1) is 17.3. The number of halogens is 2. The number of aliphatic carboxylic acids is 1. The van der Waals surface area contributed by atoms with Gasteiger partial charge < -0.3 is 19.6 Å². The van der Waals surface area contributed by atoms with E-state index in [0.29, 0.717) is 6.07 Å². The minimum Gasteiger partial charge on any atom is -0.479 e. The van der Waals surface area contributed by atoms with E-state index in [1.807, 2.05) is 0 Å². The molecule has 2 amide bonds. The van der Waals surface area contributed by atoms with Gasteiger partial charge in [0, 0.05) is 25.6 Å². The Labute approximate surface area is 141 Å². The van der Waals surface area contributed by atoms with E-state index in [-0.39, 0.29) is 44.3 Å². The number of carboxylic acids is 1. The summed E-state index contributed by atoms with van der Waals surface area (Å²) >= 11 is 0. The van der Waals surface area contributed by atoms with Gasteiger partial charge in [0.25, 0.3) is 0 Å². The van der Waals surface area contributed by atoms with Crippen molar-refractivity contribution in [3.05, 3.63) is 29.8 Å². The van der Waals surface area contributed by atoms with Gasteiger partial charge in [-0.1, -0.05) is 0 Å². The molecule has 7 nitrogen and oxygen atoms in total. The van der Waals surface area contributed by atoms with Crippen LogP contribution < -0.4 is 4.90 Å². The maximum atomic E-state index is 13.9. The van der Waals surface area contributed by atoms with Crippen LogP contribution in [0.2, 0.25) is 0 Å². The monoisotopic (exact) mass is 354 g/mol. The molecule has 2 atom stereocenters. The largest absolute Gasteiger partial charge is 0.479 e. The fourth-order valence-corrected chi connectivity index (χ4v) is 3.06. The lowest BCUT2D eigenvalue weighted by atomic mass is 10.1. The van der Waals surface area contributed by atoms with E-state index < -0.39 is 35.5 Å². The topological polar surface area (TPSA) is 87.2 Å². The summed E-state index contributed by atoms with van der Waals surface area (Å²) < 4.78 is 32.0. The third-order valence-electron chi connectivity index (χ3n) is 4.33. The van der Waals surface area contributed by atoms with E-state index in [0.717, 1.165) is 17.0 Å².